The molecule has 0 aliphatic carbocycles. The number of aryl methyl sites for hydroxylation is 1. The van der Waals surface area contributed by atoms with Crippen LogP contribution in [0.2, 0.25) is 0 Å². The zero-order valence-corrected chi connectivity index (χ0v) is 15.2. The molecule has 0 aliphatic rings. The maximum atomic E-state index is 12.7. The van der Waals surface area contributed by atoms with Crippen LogP contribution < -0.4 is 5.32 Å². The third-order valence-corrected chi connectivity index (χ3v) is 4.19. The van der Waals surface area contributed by atoms with E-state index < -0.39 is 6.10 Å². The molecule has 1 N–H and O–H groups in total. The van der Waals surface area contributed by atoms with Gasteiger partial charge in [-0.2, -0.15) is 0 Å². The second-order valence-electron chi connectivity index (χ2n) is 6.04. The molecule has 138 valence electrons. The first-order chi connectivity index (χ1) is 12.6. The summed E-state index contributed by atoms with van der Waals surface area (Å²) >= 11 is 0. The molecule has 0 radical (unpaired) electrons. The number of nitrogens with one attached hydrogen (secondary N) is 1. The lowest BCUT2D eigenvalue weighted by atomic mass is 10.0. The van der Waals surface area contributed by atoms with Crippen LogP contribution in [-0.4, -0.2) is 32.1 Å². The van der Waals surface area contributed by atoms with E-state index in [-0.39, 0.29) is 24.3 Å². The third-order valence-electron chi connectivity index (χ3n) is 4.19. The summed E-state index contributed by atoms with van der Waals surface area (Å²) in [5.41, 5.74) is 1.93. The predicted octanol–water partition coefficient (Wildman–Crippen LogP) is 3.05. The predicted molar refractivity (Wildman–Crippen MR) is 99.5 cm³/mol. The molecule has 0 bridgehead atoms. The van der Waals surface area contributed by atoms with Gasteiger partial charge in [0.05, 0.1) is 13.5 Å². The van der Waals surface area contributed by atoms with E-state index in [9.17, 15) is 9.59 Å². The molecule has 0 fully saturated rings. The minimum atomic E-state index is -0.715. The van der Waals surface area contributed by atoms with Crippen molar-refractivity contribution in [2.75, 3.05) is 14.2 Å². The average Bonchev–Trinajstić information content (AvgIpc) is 2.68. The highest BCUT2D eigenvalue weighted by Gasteiger charge is 2.24. The number of hydrogen-bond donors (Lipinski definition) is 1. The molecule has 2 aromatic rings. The maximum Gasteiger partial charge on any atom is 0.307 e. The molecule has 1 amide bonds. The number of benzene rings is 2. The van der Waals surface area contributed by atoms with Crippen molar-refractivity contribution < 1.29 is 19.1 Å². The monoisotopic (exact) mass is 355 g/mol. The molecule has 0 heterocycles. The fraction of sp³-hybridized carbons (Fsp3) is 0.333. The highest BCUT2D eigenvalue weighted by atomic mass is 16.5. The Kier molecular flexibility index (Phi) is 7.83. The molecule has 2 rings (SSSR count). The summed E-state index contributed by atoms with van der Waals surface area (Å²) in [4.78, 5) is 24.4. The van der Waals surface area contributed by atoms with Crippen molar-refractivity contribution in [3.8, 4) is 0 Å². The van der Waals surface area contributed by atoms with Crippen LogP contribution in [0.4, 0.5) is 0 Å². The minimum Gasteiger partial charge on any atom is -0.469 e. The van der Waals surface area contributed by atoms with Gasteiger partial charge in [0.2, 0.25) is 0 Å². The first-order valence-electron chi connectivity index (χ1n) is 8.63. The molecule has 5 nitrogen and oxygen atoms in total. The topological polar surface area (TPSA) is 64.6 Å². The van der Waals surface area contributed by atoms with Crippen molar-refractivity contribution in [3.63, 3.8) is 0 Å². The van der Waals surface area contributed by atoms with Gasteiger partial charge in [-0.25, -0.2) is 0 Å². The fourth-order valence-corrected chi connectivity index (χ4v) is 2.79. The second kappa shape index (κ2) is 10.4. The number of carbonyl (C=O) groups is 2. The van der Waals surface area contributed by atoms with E-state index in [1.165, 1.54) is 14.2 Å². The van der Waals surface area contributed by atoms with Crippen LogP contribution >= 0.6 is 0 Å². The average molecular weight is 355 g/mol. The summed E-state index contributed by atoms with van der Waals surface area (Å²) in [5.74, 6) is -0.613. The Morgan fingerprint density at radius 2 is 1.58 bits per heavy atom. The number of methoxy groups -OCH3 is 2. The summed E-state index contributed by atoms with van der Waals surface area (Å²) in [6, 6.07) is 18.9. The molecule has 0 spiro atoms. The van der Waals surface area contributed by atoms with Gasteiger partial charge in [0.15, 0.2) is 6.10 Å². The summed E-state index contributed by atoms with van der Waals surface area (Å²) in [5, 5.41) is 2.94. The molecule has 2 aromatic carbocycles. The van der Waals surface area contributed by atoms with Crippen molar-refractivity contribution in [2.24, 2.45) is 0 Å². The number of carbonyl (C=O) groups excluding carboxylic acids is 2. The molecule has 0 unspecified atom stereocenters. The van der Waals surface area contributed by atoms with Crippen LogP contribution in [0, 0.1) is 0 Å². The van der Waals surface area contributed by atoms with Gasteiger partial charge in [0.1, 0.15) is 0 Å². The van der Waals surface area contributed by atoms with E-state index in [1.54, 1.807) is 0 Å². The van der Waals surface area contributed by atoms with E-state index in [4.69, 9.17) is 9.47 Å². The van der Waals surface area contributed by atoms with Gasteiger partial charge < -0.3 is 14.8 Å². The van der Waals surface area contributed by atoms with Gasteiger partial charge in [0, 0.05) is 13.2 Å². The van der Waals surface area contributed by atoms with Gasteiger partial charge in [-0.3, -0.25) is 9.59 Å². The van der Waals surface area contributed by atoms with Gasteiger partial charge in [-0.15, -0.1) is 0 Å². The maximum absolute atomic E-state index is 12.7. The lowest BCUT2D eigenvalue weighted by Gasteiger charge is -2.22. The summed E-state index contributed by atoms with van der Waals surface area (Å²) in [7, 11) is 2.84. The van der Waals surface area contributed by atoms with Crippen molar-refractivity contribution >= 4 is 11.9 Å². The molecule has 0 aromatic heterocycles. The minimum absolute atomic E-state index is 0.125. The zero-order valence-electron chi connectivity index (χ0n) is 15.2. The first kappa shape index (κ1) is 19.7. The highest BCUT2D eigenvalue weighted by Crippen LogP contribution is 2.17. The Morgan fingerprint density at radius 3 is 2.15 bits per heavy atom. The van der Waals surface area contributed by atoms with Crippen molar-refractivity contribution in [3.05, 3.63) is 71.8 Å². The molecular formula is C21H25NO4. The fourth-order valence-electron chi connectivity index (χ4n) is 2.79. The molecule has 5 heteroatoms. The van der Waals surface area contributed by atoms with Crippen LogP contribution in [0.25, 0.3) is 0 Å². The standard InChI is InChI=1S/C21H25NO4/c1-25-19(23)15-18(14-13-16-9-5-3-6-10-16)22-21(24)20(26-2)17-11-7-4-8-12-17/h3-12,18,20H,13-15H2,1-2H3,(H,22,24)/t18-,20+/m1/s1. The summed E-state index contributed by atoms with van der Waals surface area (Å²) < 4.78 is 10.1. The van der Waals surface area contributed by atoms with E-state index in [1.807, 2.05) is 60.7 Å². The SMILES string of the molecule is COC(=O)C[C@@H](CCc1ccccc1)NC(=O)[C@@H](OC)c1ccccc1. The Balaban J connectivity index is 2.04. The van der Waals surface area contributed by atoms with Gasteiger partial charge >= 0.3 is 5.97 Å². The molecule has 0 saturated carbocycles. The Labute approximate surface area is 154 Å². The van der Waals surface area contributed by atoms with E-state index in [0.717, 1.165) is 17.5 Å². The van der Waals surface area contributed by atoms with E-state index in [0.29, 0.717) is 6.42 Å². The van der Waals surface area contributed by atoms with Crippen molar-refractivity contribution in [1.29, 1.82) is 0 Å². The highest BCUT2D eigenvalue weighted by molar-refractivity contribution is 5.83. The zero-order chi connectivity index (χ0) is 18.8. The van der Waals surface area contributed by atoms with Gasteiger partial charge in [-0.05, 0) is 24.0 Å². The van der Waals surface area contributed by atoms with E-state index in [2.05, 4.69) is 5.32 Å². The van der Waals surface area contributed by atoms with Crippen LogP contribution in [0.1, 0.15) is 30.1 Å². The Bertz CT molecular complexity index is 688. The summed E-state index contributed by atoms with van der Waals surface area (Å²) in [6.45, 7) is 0. The van der Waals surface area contributed by atoms with Gasteiger partial charge in [0.25, 0.3) is 5.91 Å². The molecule has 0 aliphatic heterocycles. The lowest BCUT2D eigenvalue weighted by molar-refractivity contribution is -0.141. The number of rotatable bonds is 9. The van der Waals surface area contributed by atoms with Crippen molar-refractivity contribution in [2.45, 2.75) is 31.4 Å². The van der Waals surface area contributed by atoms with Crippen molar-refractivity contribution in [1.82, 2.24) is 5.32 Å². The lowest BCUT2D eigenvalue weighted by Crippen LogP contribution is -2.40. The van der Waals surface area contributed by atoms with Crippen LogP contribution in [0.15, 0.2) is 60.7 Å². The quantitative estimate of drug-likeness (QED) is 0.702. The third kappa shape index (κ3) is 6.01. The number of ether oxygens (including phenoxy) is 2. The molecule has 26 heavy (non-hydrogen) atoms. The molecular weight excluding hydrogens is 330 g/mol. The Hall–Kier alpha value is -2.66. The number of esters is 1. The Morgan fingerprint density at radius 1 is 0.962 bits per heavy atom. The van der Waals surface area contributed by atoms with E-state index >= 15 is 0 Å². The van der Waals surface area contributed by atoms with Crippen LogP contribution in [-0.2, 0) is 25.5 Å². The van der Waals surface area contributed by atoms with Crippen LogP contribution in [0.5, 0.6) is 0 Å². The molecule has 2 atom stereocenters. The second-order valence-corrected chi connectivity index (χ2v) is 6.04. The van der Waals surface area contributed by atoms with Gasteiger partial charge in [-0.1, -0.05) is 60.7 Å². The largest absolute Gasteiger partial charge is 0.469 e. The smallest absolute Gasteiger partial charge is 0.307 e. The first-order valence-corrected chi connectivity index (χ1v) is 8.63. The van der Waals surface area contributed by atoms with Crippen LogP contribution in [0.3, 0.4) is 0 Å². The summed E-state index contributed by atoms with van der Waals surface area (Å²) in [6.07, 6.45) is 0.801. The number of amides is 1. The molecule has 0 saturated heterocycles. The number of hydrogen-bond acceptors (Lipinski definition) is 4. The normalized spacial score (nSPS) is 12.8.